The van der Waals surface area contributed by atoms with E-state index in [-0.39, 0.29) is 23.7 Å². The quantitative estimate of drug-likeness (QED) is 0.831. The van der Waals surface area contributed by atoms with E-state index in [2.05, 4.69) is 42.6 Å². The van der Waals surface area contributed by atoms with Crippen molar-refractivity contribution in [3.63, 3.8) is 0 Å². The lowest BCUT2D eigenvalue weighted by Gasteiger charge is -2.45. The van der Waals surface area contributed by atoms with Crippen LogP contribution in [0.5, 0.6) is 0 Å². The van der Waals surface area contributed by atoms with Crippen LogP contribution in [0.3, 0.4) is 0 Å². The molecule has 0 heterocycles. The lowest BCUT2D eigenvalue weighted by molar-refractivity contribution is 0.000360. The number of carbonyl (C=O) groups excluding carboxylic acids is 1. The normalized spacial score (nSPS) is 26.9. The van der Waals surface area contributed by atoms with E-state index in [1.165, 1.54) is 5.56 Å². The van der Waals surface area contributed by atoms with Gasteiger partial charge in [0.2, 0.25) is 0 Å². The van der Waals surface area contributed by atoms with Crippen molar-refractivity contribution in [2.24, 2.45) is 0 Å². The first kappa shape index (κ1) is 19.8. The number of hydrogen-bond acceptors (Lipinski definition) is 3. The zero-order valence-corrected chi connectivity index (χ0v) is 16.3. The third kappa shape index (κ3) is 5.21. The smallest absolute Gasteiger partial charge is 0.407 e. The van der Waals surface area contributed by atoms with Crippen LogP contribution in [0.1, 0.15) is 65.4 Å². The van der Waals surface area contributed by atoms with Crippen molar-refractivity contribution in [2.45, 2.75) is 83.0 Å². The van der Waals surface area contributed by atoms with Crippen LogP contribution in [0.15, 0.2) is 30.3 Å². The Morgan fingerprint density at radius 2 is 1.96 bits per heavy atom. The Labute approximate surface area is 152 Å². The number of amides is 1. The number of nitrogens with one attached hydrogen (secondary N) is 1. The predicted molar refractivity (Wildman–Crippen MR) is 101 cm³/mol. The predicted octanol–water partition coefficient (Wildman–Crippen LogP) is 4.82. The summed E-state index contributed by atoms with van der Waals surface area (Å²) in [6.07, 6.45) is 4.76. The molecule has 0 radical (unpaired) electrons. The molecular formula is C21H33NO3. The molecule has 4 nitrogen and oxygen atoms in total. The Morgan fingerprint density at radius 3 is 2.52 bits per heavy atom. The second-order valence-corrected chi connectivity index (χ2v) is 8.17. The van der Waals surface area contributed by atoms with Gasteiger partial charge in [0.05, 0.1) is 12.1 Å². The maximum absolute atomic E-state index is 12.2. The molecule has 1 aromatic rings. The van der Waals surface area contributed by atoms with Gasteiger partial charge < -0.3 is 14.8 Å². The average molecular weight is 347 g/mol. The molecule has 0 saturated heterocycles. The molecule has 0 bridgehead atoms. The van der Waals surface area contributed by atoms with E-state index < -0.39 is 5.60 Å². The summed E-state index contributed by atoms with van der Waals surface area (Å²) < 4.78 is 11.2. The van der Waals surface area contributed by atoms with Gasteiger partial charge in [0.1, 0.15) is 5.60 Å². The van der Waals surface area contributed by atoms with Gasteiger partial charge in [0.25, 0.3) is 0 Å². The fourth-order valence-corrected chi connectivity index (χ4v) is 4.02. The number of alkyl carbamates (subject to hydrolysis) is 1. The Kier molecular flexibility index (Phi) is 6.50. The SMILES string of the molecule is CCCC1(c2ccccc2)CCC(NC(=O)OC(C)(C)C)C(OC)C1. The maximum atomic E-state index is 12.2. The fraction of sp³-hybridized carbons (Fsp3) is 0.667. The first-order chi connectivity index (χ1) is 11.8. The first-order valence-electron chi connectivity index (χ1n) is 9.37. The second kappa shape index (κ2) is 8.22. The van der Waals surface area contributed by atoms with Gasteiger partial charge in [-0.2, -0.15) is 0 Å². The van der Waals surface area contributed by atoms with Crippen molar-refractivity contribution in [1.82, 2.24) is 5.32 Å². The lowest BCUT2D eigenvalue weighted by atomic mass is 9.65. The number of carbonyl (C=O) groups is 1. The maximum Gasteiger partial charge on any atom is 0.407 e. The summed E-state index contributed by atoms with van der Waals surface area (Å²) in [4.78, 5) is 12.2. The highest BCUT2D eigenvalue weighted by Crippen LogP contribution is 2.43. The van der Waals surface area contributed by atoms with Gasteiger partial charge in [-0.1, -0.05) is 43.7 Å². The Balaban J connectivity index is 2.12. The van der Waals surface area contributed by atoms with Crippen molar-refractivity contribution in [1.29, 1.82) is 0 Å². The molecule has 4 heteroatoms. The summed E-state index contributed by atoms with van der Waals surface area (Å²) >= 11 is 0. The van der Waals surface area contributed by atoms with E-state index in [1.807, 2.05) is 20.8 Å². The Hall–Kier alpha value is -1.55. The highest BCUT2D eigenvalue weighted by molar-refractivity contribution is 5.68. The van der Waals surface area contributed by atoms with Crippen molar-refractivity contribution in [2.75, 3.05) is 7.11 Å². The molecule has 1 fully saturated rings. The van der Waals surface area contributed by atoms with Crippen molar-refractivity contribution in [3.05, 3.63) is 35.9 Å². The molecule has 3 unspecified atom stereocenters. The molecule has 1 aromatic carbocycles. The molecule has 0 aliphatic heterocycles. The molecule has 1 saturated carbocycles. The Bertz CT molecular complexity index is 552. The topological polar surface area (TPSA) is 47.6 Å². The molecule has 2 rings (SSSR count). The van der Waals surface area contributed by atoms with Gasteiger partial charge in [-0.3, -0.25) is 0 Å². The Morgan fingerprint density at radius 1 is 1.28 bits per heavy atom. The number of hydrogen-bond donors (Lipinski definition) is 1. The van der Waals surface area contributed by atoms with Crippen LogP contribution in [0.25, 0.3) is 0 Å². The summed E-state index contributed by atoms with van der Waals surface area (Å²) in [5.41, 5.74) is 1.02. The minimum absolute atomic E-state index is 0.00598. The van der Waals surface area contributed by atoms with Gasteiger partial charge in [-0.25, -0.2) is 4.79 Å². The molecule has 1 aliphatic rings. The molecule has 140 valence electrons. The van der Waals surface area contributed by atoms with Crippen molar-refractivity contribution < 1.29 is 14.3 Å². The largest absolute Gasteiger partial charge is 0.444 e. The monoisotopic (exact) mass is 347 g/mol. The molecule has 0 spiro atoms. The van der Waals surface area contributed by atoms with Crippen molar-refractivity contribution in [3.8, 4) is 0 Å². The van der Waals surface area contributed by atoms with Gasteiger partial charge in [-0.05, 0) is 57.4 Å². The van der Waals surface area contributed by atoms with Crippen molar-refractivity contribution >= 4 is 6.09 Å². The zero-order valence-electron chi connectivity index (χ0n) is 16.3. The van der Waals surface area contributed by atoms with E-state index in [4.69, 9.17) is 9.47 Å². The standard InChI is InChI=1S/C21H33NO3/c1-6-13-21(16-10-8-7-9-11-16)14-12-17(18(15-21)24-5)22-19(23)25-20(2,3)4/h7-11,17-18H,6,12-15H2,1-5H3,(H,22,23). The number of ether oxygens (including phenoxy) is 2. The van der Waals surface area contributed by atoms with Crippen LogP contribution in [0, 0.1) is 0 Å². The molecule has 1 amide bonds. The molecular weight excluding hydrogens is 314 g/mol. The third-order valence-corrected chi connectivity index (χ3v) is 5.09. The van der Waals surface area contributed by atoms with Gasteiger partial charge in [0, 0.05) is 7.11 Å². The number of methoxy groups -OCH3 is 1. The van der Waals surface area contributed by atoms with Gasteiger partial charge >= 0.3 is 6.09 Å². The van der Waals surface area contributed by atoms with E-state index in [0.717, 1.165) is 32.1 Å². The molecule has 1 N–H and O–H groups in total. The van der Waals surface area contributed by atoms with E-state index in [1.54, 1.807) is 7.11 Å². The van der Waals surface area contributed by atoms with Crippen LogP contribution in [-0.2, 0) is 14.9 Å². The van der Waals surface area contributed by atoms with Crippen LogP contribution in [0.2, 0.25) is 0 Å². The lowest BCUT2D eigenvalue weighted by Crippen LogP contribution is -2.52. The third-order valence-electron chi connectivity index (χ3n) is 5.09. The van der Waals surface area contributed by atoms with E-state index in [0.29, 0.717) is 0 Å². The summed E-state index contributed by atoms with van der Waals surface area (Å²) in [6.45, 7) is 7.87. The van der Waals surface area contributed by atoms with Gasteiger partial charge in [-0.15, -0.1) is 0 Å². The van der Waals surface area contributed by atoms with Crippen LogP contribution in [0.4, 0.5) is 4.79 Å². The summed E-state index contributed by atoms with van der Waals surface area (Å²) in [7, 11) is 1.74. The molecule has 0 aromatic heterocycles. The number of rotatable bonds is 5. The minimum atomic E-state index is -0.489. The van der Waals surface area contributed by atoms with E-state index >= 15 is 0 Å². The van der Waals surface area contributed by atoms with Crippen LogP contribution in [-0.4, -0.2) is 30.9 Å². The van der Waals surface area contributed by atoms with Crippen LogP contribution < -0.4 is 5.32 Å². The number of benzene rings is 1. The summed E-state index contributed by atoms with van der Waals surface area (Å²) in [5, 5.41) is 3.02. The molecule has 3 atom stereocenters. The zero-order chi connectivity index (χ0) is 18.5. The van der Waals surface area contributed by atoms with E-state index in [9.17, 15) is 4.79 Å². The summed E-state index contributed by atoms with van der Waals surface area (Å²) in [6, 6.07) is 10.7. The molecule has 25 heavy (non-hydrogen) atoms. The minimum Gasteiger partial charge on any atom is -0.444 e. The fourth-order valence-electron chi connectivity index (χ4n) is 4.02. The summed E-state index contributed by atoms with van der Waals surface area (Å²) in [5.74, 6) is 0. The first-order valence-corrected chi connectivity index (χ1v) is 9.37. The highest BCUT2D eigenvalue weighted by atomic mass is 16.6. The average Bonchev–Trinajstić information content (AvgIpc) is 2.55. The highest BCUT2D eigenvalue weighted by Gasteiger charge is 2.42. The van der Waals surface area contributed by atoms with Crippen LogP contribution >= 0.6 is 0 Å². The second-order valence-electron chi connectivity index (χ2n) is 8.17. The van der Waals surface area contributed by atoms with Gasteiger partial charge in [0.15, 0.2) is 0 Å². The molecule has 1 aliphatic carbocycles.